The summed E-state index contributed by atoms with van der Waals surface area (Å²) in [5.41, 5.74) is 2.18. The predicted octanol–water partition coefficient (Wildman–Crippen LogP) is 0.970. The van der Waals surface area contributed by atoms with Crippen molar-refractivity contribution in [1.82, 2.24) is 14.9 Å². The number of aryl methyl sites for hydroxylation is 1. The summed E-state index contributed by atoms with van der Waals surface area (Å²) in [7, 11) is 0. The maximum absolute atomic E-state index is 9.24. The van der Waals surface area contributed by atoms with Crippen molar-refractivity contribution < 1.29 is 5.21 Å². The first-order valence-electron chi connectivity index (χ1n) is 4.43. The Labute approximate surface area is 86.1 Å². The summed E-state index contributed by atoms with van der Waals surface area (Å²) in [5, 5.41) is 24.2. The minimum atomic E-state index is -0.0751. The van der Waals surface area contributed by atoms with Crippen molar-refractivity contribution in [3.63, 3.8) is 0 Å². The van der Waals surface area contributed by atoms with Crippen molar-refractivity contribution in [2.75, 3.05) is 0 Å². The monoisotopic (exact) mass is 202 g/mol. The molecule has 0 saturated heterocycles. The first-order chi connectivity index (χ1) is 7.18. The van der Waals surface area contributed by atoms with Gasteiger partial charge < -0.3 is 5.21 Å². The predicted molar refractivity (Wildman–Crippen MR) is 53.2 cm³/mol. The van der Waals surface area contributed by atoms with Crippen LogP contribution in [-0.4, -0.2) is 20.1 Å². The van der Waals surface area contributed by atoms with Crippen molar-refractivity contribution >= 4 is 0 Å². The molecular weight excluding hydrogens is 192 g/mol. The van der Waals surface area contributed by atoms with Gasteiger partial charge in [-0.2, -0.15) is 4.73 Å². The normalized spacial score (nSPS) is 10.2. The average Bonchev–Trinajstić information content (AvgIpc) is 2.24. The Morgan fingerprint density at radius 2 is 1.93 bits per heavy atom. The third-order valence-corrected chi connectivity index (χ3v) is 2.10. The summed E-state index contributed by atoms with van der Waals surface area (Å²) in [6.07, 6.45) is 1.08. The molecule has 0 bridgehead atoms. The van der Waals surface area contributed by atoms with Gasteiger partial charge in [0, 0.05) is 5.56 Å². The maximum Gasteiger partial charge on any atom is 0.190 e. The van der Waals surface area contributed by atoms with Gasteiger partial charge in [-0.25, -0.2) is 0 Å². The number of nitrogens with one attached hydrogen (secondary N) is 1. The molecule has 0 saturated carbocycles. The van der Waals surface area contributed by atoms with Gasteiger partial charge >= 0.3 is 0 Å². The molecule has 0 amide bonds. The fraction of sp³-hybridized carbons (Fsp3) is 0.100. The Morgan fingerprint density at radius 1 is 1.27 bits per heavy atom. The lowest BCUT2D eigenvalue weighted by atomic mass is 10.1. The molecule has 2 aromatic rings. The molecular formula is C10H10N4O. The van der Waals surface area contributed by atoms with Gasteiger partial charge in [0.25, 0.3) is 0 Å². The second-order valence-electron chi connectivity index (χ2n) is 3.24. The second kappa shape index (κ2) is 3.53. The highest BCUT2D eigenvalue weighted by atomic mass is 16.5. The van der Waals surface area contributed by atoms with Crippen molar-refractivity contribution in [2.45, 2.75) is 6.92 Å². The third kappa shape index (κ3) is 1.71. The fourth-order valence-electron chi connectivity index (χ4n) is 1.25. The highest BCUT2D eigenvalue weighted by Gasteiger charge is 2.04. The highest BCUT2D eigenvalue weighted by molar-refractivity contribution is 5.57. The van der Waals surface area contributed by atoms with E-state index < -0.39 is 0 Å². The van der Waals surface area contributed by atoms with Gasteiger partial charge in [0.2, 0.25) is 0 Å². The van der Waals surface area contributed by atoms with Crippen LogP contribution in [0.5, 0.6) is 0 Å². The van der Waals surface area contributed by atoms with Crippen LogP contribution in [0.15, 0.2) is 30.6 Å². The van der Waals surface area contributed by atoms with Crippen LogP contribution in [-0.2, 0) is 0 Å². The Balaban J connectivity index is 2.59. The van der Waals surface area contributed by atoms with Crippen LogP contribution >= 0.6 is 0 Å². The fourth-order valence-corrected chi connectivity index (χ4v) is 1.25. The van der Waals surface area contributed by atoms with Crippen LogP contribution < -0.4 is 5.49 Å². The Kier molecular flexibility index (Phi) is 2.21. The number of aromatic nitrogens is 3. The van der Waals surface area contributed by atoms with Crippen molar-refractivity contribution in [3.05, 3.63) is 41.6 Å². The standard InChI is InChI=1S/C10H10N4O/c1-7-2-4-8(5-3-7)9-10(11)14(15)6-12-13-9/h2-6,11,15H,1H3. The van der Waals surface area contributed by atoms with Crippen LogP contribution in [0.4, 0.5) is 0 Å². The lowest BCUT2D eigenvalue weighted by molar-refractivity contribution is 0.165. The summed E-state index contributed by atoms with van der Waals surface area (Å²) in [6, 6.07) is 7.53. The molecule has 2 rings (SSSR count). The zero-order chi connectivity index (χ0) is 10.8. The molecule has 0 unspecified atom stereocenters. The van der Waals surface area contributed by atoms with E-state index in [2.05, 4.69) is 10.2 Å². The minimum absolute atomic E-state index is 0.0751. The van der Waals surface area contributed by atoms with Gasteiger partial charge in [0.1, 0.15) is 5.69 Å². The number of benzene rings is 1. The molecule has 15 heavy (non-hydrogen) atoms. The molecule has 0 aliphatic carbocycles. The number of hydrogen-bond acceptors (Lipinski definition) is 4. The second-order valence-corrected chi connectivity index (χ2v) is 3.24. The molecule has 0 aliphatic heterocycles. The highest BCUT2D eigenvalue weighted by Crippen LogP contribution is 2.12. The average molecular weight is 202 g/mol. The van der Waals surface area contributed by atoms with Gasteiger partial charge in [-0.15, -0.1) is 10.2 Å². The van der Waals surface area contributed by atoms with Crippen LogP contribution in [0, 0.1) is 12.3 Å². The van der Waals surface area contributed by atoms with E-state index in [4.69, 9.17) is 5.41 Å². The maximum atomic E-state index is 9.24. The molecule has 5 nitrogen and oxygen atoms in total. The van der Waals surface area contributed by atoms with Gasteiger partial charge in [-0.1, -0.05) is 29.8 Å². The van der Waals surface area contributed by atoms with Gasteiger partial charge in [0.15, 0.2) is 11.8 Å². The van der Waals surface area contributed by atoms with E-state index in [9.17, 15) is 5.21 Å². The first kappa shape index (κ1) is 9.39. The summed E-state index contributed by atoms with van der Waals surface area (Å²) in [6.45, 7) is 1.98. The van der Waals surface area contributed by atoms with Gasteiger partial charge in [-0.3, -0.25) is 5.41 Å². The van der Waals surface area contributed by atoms with E-state index in [1.807, 2.05) is 31.2 Å². The zero-order valence-electron chi connectivity index (χ0n) is 8.18. The van der Waals surface area contributed by atoms with E-state index in [1.165, 1.54) is 0 Å². The van der Waals surface area contributed by atoms with E-state index in [0.29, 0.717) is 10.4 Å². The summed E-state index contributed by atoms with van der Waals surface area (Å²) >= 11 is 0. The zero-order valence-corrected chi connectivity index (χ0v) is 8.18. The molecule has 0 aliphatic rings. The number of nitrogens with zero attached hydrogens (tertiary/aromatic N) is 3. The molecule has 0 fully saturated rings. The van der Waals surface area contributed by atoms with Crippen LogP contribution in [0.2, 0.25) is 0 Å². The number of hydrogen-bond donors (Lipinski definition) is 2. The van der Waals surface area contributed by atoms with E-state index in [1.54, 1.807) is 0 Å². The summed E-state index contributed by atoms with van der Waals surface area (Å²) in [5.74, 6) is 0. The number of rotatable bonds is 1. The lowest BCUT2D eigenvalue weighted by Gasteiger charge is -2.02. The molecule has 1 aromatic carbocycles. The Bertz CT molecular complexity index is 530. The smallest absolute Gasteiger partial charge is 0.190 e. The topological polar surface area (TPSA) is 74.8 Å². The molecule has 0 spiro atoms. The molecule has 5 heteroatoms. The van der Waals surface area contributed by atoms with E-state index in [-0.39, 0.29) is 5.49 Å². The van der Waals surface area contributed by atoms with Crippen LogP contribution in [0.3, 0.4) is 0 Å². The molecule has 1 heterocycles. The van der Waals surface area contributed by atoms with E-state index in [0.717, 1.165) is 17.5 Å². The van der Waals surface area contributed by atoms with Crippen molar-refractivity contribution in [3.8, 4) is 11.3 Å². The van der Waals surface area contributed by atoms with Crippen LogP contribution in [0.1, 0.15) is 5.56 Å². The molecule has 2 N–H and O–H groups in total. The quantitative estimate of drug-likeness (QED) is 0.676. The van der Waals surface area contributed by atoms with Gasteiger partial charge in [0.05, 0.1) is 0 Å². The Morgan fingerprint density at radius 3 is 2.60 bits per heavy atom. The van der Waals surface area contributed by atoms with Crippen LogP contribution in [0.25, 0.3) is 11.3 Å². The summed E-state index contributed by atoms with van der Waals surface area (Å²) in [4.78, 5) is 0. The minimum Gasteiger partial charge on any atom is -0.425 e. The largest absolute Gasteiger partial charge is 0.425 e. The molecule has 76 valence electrons. The molecule has 0 radical (unpaired) electrons. The van der Waals surface area contributed by atoms with Gasteiger partial charge in [-0.05, 0) is 6.92 Å². The lowest BCUT2D eigenvalue weighted by Crippen LogP contribution is -2.21. The third-order valence-electron chi connectivity index (χ3n) is 2.10. The van der Waals surface area contributed by atoms with E-state index >= 15 is 0 Å². The summed E-state index contributed by atoms with van der Waals surface area (Å²) < 4.78 is 0.641. The first-order valence-corrected chi connectivity index (χ1v) is 4.43. The SMILES string of the molecule is Cc1ccc(-c2nncn(O)c2=N)cc1. The Hall–Kier alpha value is -2.17. The van der Waals surface area contributed by atoms with Crippen molar-refractivity contribution in [2.24, 2.45) is 0 Å². The molecule has 0 atom stereocenters. The molecule has 1 aromatic heterocycles. The van der Waals surface area contributed by atoms with Crippen molar-refractivity contribution in [1.29, 1.82) is 5.41 Å².